The van der Waals surface area contributed by atoms with Crippen LogP contribution >= 0.6 is 11.8 Å². The van der Waals surface area contributed by atoms with E-state index in [0.717, 1.165) is 28.7 Å². The molecule has 0 unspecified atom stereocenters. The van der Waals surface area contributed by atoms with Gasteiger partial charge in [0.1, 0.15) is 6.54 Å². The molecule has 1 aliphatic heterocycles. The predicted molar refractivity (Wildman–Crippen MR) is 100 cm³/mol. The van der Waals surface area contributed by atoms with E-state index in [1.54, 1.807) is 18.7 Å². The third-order valence-electron chi connectivity index (χ3n) is 4.08. The zero-order valence-electron chi connectivity index (χ0n) is 14.2. The Bertz CT molecular complexity index is 1020. The number of nitrogens with one attached hydrogen (secondary N) is 1. The van der Waals surface area contributed by atoms with Crippen molar-refractivity contribution in [2.75, 3.05) is 11.1 Å². The first kappa shape index (κ1) is 16.6. The Kier molecular flexibility index (Phi) is 4.34. The van der Waals surface area contributed by atoms with Crippen molar-refractivity contribution in [2.45, 2.75) is 25.2 Å². The number of rotatable bonds is 4. The lowest BCUT2D eigenvalue weighted by Crippen LogP contribution is -2.27. The van der Waals surface area contributed by atoms with Gasteiger partial charge in [0, 0.05) is 41.5 Å². The Labute approximate surface area is 154 Å². The number of imidazole rings is 1. The van der Waals surface area contributed by atoms with Gasteiger partial charge in [0.05, 0.1) is 12.0 Å². The van der Waals surface area contributed by atoms with Gasteiger partial charge in [0.2, 0.25) is 5.91 Å². The van der Waals surface area contributed by atoms with Crippen LogP contribution in [-0.4, -0.2) is 30.8 Å². The maximum absolute atomic E-state index is 12.3. The Morgan fingerprint density at radius 1 is 1.35 bits per heavy atom. The Hall–Kier alpha value is -2.87. The highest BCUT2D eigenvalue weighted by Gasteiger charge is 2.15. The number of anilines is 1. The maximum atomic E-state index is 12.3. The summed E-state index contributed by atoms with van der Waals surface area (Å²) >= 11 is 1.75. The van der Waals surface area contributed by atoms with Crippen LogP contribution in [0.5, 0.6) is 0 Å². The van der Waals surface area contributed by atoms with E-state index < -0.39 is 0 Å². The van der Waals surface area contributed by atoms with Gasteiger partial charge in [-0.25, -0.2) is 9.97 Å². The van der Waals surface area contributed by atoms with Gasteiger partial charge in [-0.15, -0.1) is 0 Å². The summed E-state index contributed by atoms with van der Waals surface area (Å²) in [4.78, 5) is 32.8. The van der Waals surface area contributed by atoms with Crippen molar-refractivity contribution in [2.24, 2.45) is 0 Å². The summed E-state index contributed by atoms with van der Waals surface area (Å²) in [6.45, 7) is 2.64. The van der Waals surface area contributed by atoms with E-state index >= 15 is 0 Å². The molecule has 0 atom stereocenters. The van der Waals surface area contributed by atoms with E-state index in [1.807, 2.05) is 30.5 Å². The Morgan fingerprint density at radius 3 is 3.04 bits per heavy atom. The summed E-state index contributed by atoms with van der Waals surface area (Å²) in [6, 6.07) is 8.95. The molecule has 0 aliphatic carbocycles. The van der Waals surface area contributed by atoms with Gasteiger partial charge < -0.3 is 9.88 Å². The first-order valence-corrected chi connectivity index (χ1v) is 9.20. The minimum Gasteiger partial charge on any atom is -0.325 e. The molecular weight excluding hydrogens is 350 g/mol. The largest absolute Gasteiger partial charge is 0.325 e. The fraction of sp³-hybridized carbons (Fsp3) is 0.222. The SMILES string of the molecule is Cc1cc(=O)n(CC(=O)Nc2cccc(-c3cn4c(n3)SCC4)c2)cn1. The van der Waals surface area contributed by atoms with E-state index in [-0.39, 0.29) is 18.0 Å². The first-order valence-electron chi connectivity index (χ1n) is 8.22. The van der Waals surface area contributed by atoms with Crippen LogP contribution in [0.15, 0.2) is 52.8 Å². The third kappa shape index (κ3) is 3.41. The van der Waals surface area contributed by atoms with Crippen LogP contribution in [-0.2, 0) is 17.9 Å². The second kappa shape index (κ2) is 6.80. The highest BCUT2D eigenvalue weighted by atomic mass is 32.2. The lowest BCUT2D eigenvalue weighted by Gasteiger charge is -2.08. The van der Waals surface area contributed by atoms with Crippen molar-refractivity contribution in [3.05, 3.63) is 58.9 Å². The van der Waals surface area contributed by atoms with Crippen LogP contribution in [0, 0.1) is 6.92 Å². The molecule has 2 aromatic heterocycles. The second-order valence-corrected chi connectivity index (χ2v) is 7.14. The molecule has 0 spiro atoms. The molecule has 3 aromatic rings. The fourth-order valence-electron chi connectivity index (χ4n) is 2.80. The standard InChI is InChI=1S/C18H17N5O2S/c1-12-7-17(25)23(11-19-12)10-16(24)20-14-4-2-3-13(8-14)15-9-22-5-6-26-18(22)21-15/h2-4,7-9,11H,5-6,10H2,1H3,(H,20,24). The minimum atomic E-state index is -0.280. The summed E-state index contributed by atoms with van der Waals surface area (Å²) in [5.74, 6) is 0.782. The molecule has 8 heteroatoms. The lowest BCUT2D eigenvalue weighted by molar-refractivity contribution is -0.116. The lowest BCUT2D eigenvalue weighted by atomic mass is 10.1. The number of amides is 1. The molecule has 1 aromatic carbocycles. The highest BCUT2D eigenvalue weighted by Crippen LogP contribution is 2.29. The number of benzene rings is 1. The van der Waals surface area contributed by atoms with Gasteiger partial charge >= 0.3 is 0 Å². The monoisotopic (exact) mass is 367 g/mol. The van der Waals surface area contributed by atoms with E-state index in [9.17, 15) is 9.59 Å². The van der Waals surface area contributed by atoms with Crippen LogP contribution in [0.25, 0.3) is 11.3 Å². The summed E-state index contributed by atoms with van der Waals surface area (Å²) in [5.41, 5.74) is 2.89. The van der Waals surface area contributed by atoms with Gasteiger partial charge in [-0.2, -0.15) is 0 Å². The molecule has 0 bridgehead atoms. The van der Waals surface area contributed by atoms with Crippen LogP contribution in [0.3, 0.4) is 0 Å². The average molecular weight is 367 g/mol. The highest BCUT2D eigenvalue weighted by molar-refractivity contribution is 7.99. The zero-order chi connectivity index (χ0) is 18.1. The average Bonchev–Trinajstić information content (AvgIpc) is 3.19. The summed E-state index contributed by atoms with van der Waals surface area (Å²) < 4.78 is 3.42. The summed E-state index contributed by atoms with van der Waals surface area (Å²) in [6.07, 6.45) is 3.42. The number of hydrogen-bond donors (Lipinski definition) is 1. The van der Waals surface area contributed by atoms with Crippen molar-refractivity contribution in [3.8, 4) is 11.3 Å². The number of fused-ring (bicyclic) bond motifs is 1. The predicted octanol–water partition coefficient (Wildman–Crippen LogP) is 2.16. The smallest absolute Gasteiger partial charge is 0.253 e. The van der Waals surface area contributed by atoms with Crippen molar-refractivity contribution in [1.29, 1.82) is 0 Å². The van der Waals surface area contributed by atoms with Gasteiger partial charge in [-0.05, 0) is 19.1 Å². The Morgan fingerprint density at radius 2 is 2.23 bits per heavy atom. The van der Waals surface area contributed by atoms with Crippen LogP contribution in [0.2, 0.25) is 0 Å². The number of thioether (sulfide) groups is 1. The molecule has 0 saturated carbocycles. The van der Waals surface area contributed by atoms with Crippen LogP contribution in [0.4, 0.5) is 5.69 Å². The van der Waals surface area contributed by atoms with Crippen molar-refractivity contribution in [1.82, 2.24) is 19.1 Å². The van der Waals surface area contributed by atoms with E-state index in [1.165, 1.54) is 17.0 Å². The summed E-state index contributed by atoms with van der Waals surface area (Å²) in [5, 5.41) is 3.85. The summed E-state index contributed by atoms with van der Waals surface area (Å²) in [7, 11) is 0. The maximum Gasteiger partial charge on any atom is 0.253 e. The zero-order valence-corrected chi connectivity index (χ0v) is 15.0. The normalized spacial score (nSPS) is 12.8. The molecular formula is C18H17N5O2S. The minimum absolute atomic E-state index is 0.0776. The van der Waals surface area contributed by atoms with Gasteiger partial charge in [0.25, 0.3) is 5.56 Å². The number of nitrogens with zero attached hydrogens (tertiary/aromatic N) is 4. The van der Waals surface area contributed by atoms with Crippen molar-refractivity contribution < 1.29 is 4.79 Å². The van der Waals surface area contributed by atoms with E-state index in [4.69, 9.17) is 0 Å². The molecule has 1 aliphatic rings. The quantitative estimate of drug-likeness (QED) is 0.764. The number of carbonyl (C=O) groups excluding carboxylic acids is 1. The number of aromatic nitrogens is 4. The Balaban J connectivity index is 1.49. The number of hydrogen-bond acceptors (Lipinski definition) is 5. The fourth-order valence-corrected chi connectivity index (χ4v) is 3.74. The van der Waals surface area contributed by atoms with E-state index in [0.29, 0.717) is 11.4 Å². The number of carbonyl (C=O) groups is 1. The topological polar surface area (TPSA) is 81.8 Å². The first-order chi connectivity index (χ1) is 12.6. The molecule has 0 saturated heterocycles. The van der Waals surface area contributed by atoms with Crippen molar-refractivity contribution >= 4 is 23.4 Å². The molecule has 4 rings (SSSR count). The third-order valence-corrected chi connectivity index (χ3v) is 5.05. The second-order valence-electron chi connectivity index (χ2n) is 6.08. The molecule has 7 nitrogen and oxygen atoms in total. The molecule has 1 N–H and O–H groups in total. The molecule has 1 amide bonds. The van der Waals surface area contributed by atoms with Crippen LogP contribution in [0.1, 0.15) is 5.69 Å². The van der Waals surface area contributed by atoms with Gasteiger partial charge in [-0.3, -0.25) is 14.2 Å². The molecule has 26 heavy (non-hydrogen) atoms. The van der Waals surface area contributed by atoms with E-state index in [2.05, 4.69) is 19.9 Å². The van der Waals surface area contributed by atoms with Gasteiger partial charge in [0.15, 0.2) is 5.16 Å². The number of aryl methyl sites for hydroxylation is 2. The van der Waals surface area contributed by atoms with Gasteiger partial charge in [-0.1, -0.05) is 23.9 Å². The molecule has 3 heterocycles. The van der Waals surface area contributed by atoms with Crippen LogP contribution < -0.4 is 10.9 Å². The molecule has 0 fully saturated rings. The molecule has 132 valence electrons. The van der Waals surface area contributed by atoms with Crippen molar-refractivity contribution in [3.63, 3.8) is 0 Å². The molecule has 0 radical (unpaired) electrons.